The van der Waals surface area contributed by atoms with Gasteiger partial charge in [-0.15, -0.1) is 0 Å². The van der Waals surface area contributed by atoms with E-state index in [0.29, 0.717) is 6.42 Å². The highest BCUT2D eigenvalue weighted by atomic mass is 19.4. The van der Waals surface area contributed by atoms with E-state index in [1.54, 1.807) is 0 Å². The first kappa shape index (κ1) is 13.8. The third kappa shape index (κ3) is 1.85. The highest BCUT2D eigenvalue weighted by Crippen LogP contribution is 2.45. The lowest BCUT2D eigenvalue weighted by molar-refractivity contribution is -0.234. The van der Waals surface area contributed by atoms with E-state index < -0.39 is 30.3 Å². The molecule has 3 fully saturated rings. The van der Waals surface area contributed by atoms with Crippen LogP contribution in [0.15, 0.2) is 0 Å². The van der Waals surface area contributed by atoms with Crippen LogP contribution in [0.2, 0.25) is 0 Å². The maximum Gasteiger partial charge on any atom is 0.404 e. The molecule has 0 aromatic rings. The molecule has 0 radical (unpaired) electrons. The number of ether oxygens (including phenoxy) is 1. The van der Waals surface area contributed by atoms with Gasteiger partial charge in [0.2, 0.25) is 0 Å². The smallest absolute Gasteiger partial charge is 0.394 e. The average molecular weight is 267 g/mol. The van der Waals surface area contributed by atoms with Gasteiger partial charge in [0.15, 0.2) is 5.78 Å². The van der Waals surface area contributed by atoms with Gasteiger partial charge in [0.25, 0.3) is 0 Å². The maximum atomic E-state index is 13.0. The van der Waals surface area contributed by atoms with Crippen LogP contribution >= 0.6 is 0 Å². The molecule has 18 heavy (non-hydrogen) atoms. The molecule has 104 valence electrons. The summed E-state index contributed by atoms with van der Waals surface area (Å²) in [6.07, 6.45) is -4.15. The fraction of sp³-hybridized carbons (Fsp3) is 0.909. The van der Waals surface area contributed by atoms with Crippen molar-refractivity contribution >= 4 is 5.78 Å². The minimum absolute atomic E-state index is 0.171. The van der Waals surface area contributed by atoms with E-state index in [1.807, 2.05) is 0 Å². The molecule has 4 nitrogen and oxygen atoms in total. The number of hydrogen-bond donors (Lipinski definition) is 1. The Morgan fingerprint density at radius 1 is 1.56 bits per heavy atom. The Morgan fingerprint density at radius 3 is 2.72 bits per heavy atom. The van der Waals surface area contributed by atoms with Gasteiger partial charge >= 0.3 is 6.18 Å². The molecule has 2 bridgehead atoms. The number of methoxy groups -OCH3 is 1. The zero-order valence-electron chi connectivity index (χ0n) is 10.0. The molecule has 7 heteroatoms. The number of aliphatic hydroxyl groups is 1. The average Bonchev–Trinajstić information content (AvgIpc) is 2.32. The van der Waals surface area contributed by atoms with Crippen LogP contribution < -0.4 is 0 Å². The second-order valence-corrected chi connectivity index (χ2v) is 4.96. The molecule has 3 heterocycles. The summed E-state index contributed by atoms with van der Waals surface area (Å²) >= 11 is 0. The maximum absolute atomic E-state index is 13.0. The van der Waals surface area contributed by atoms with Gasteiger partial charge in [-0.3, -0.25) is 9.69 Å². The summed E-state index contributed by atoms with van der Waals surface area (Å²) in [6.45, 7) is -0.668. The van der Waals surface area contributed by atoms with Crippen LogP contribution in [0.3, 0.4) is 0 Å². The Balaban J connectivity index is 2.37. The first-order chi connectivity index (χ1) is 8.36. The third-order valence-electron chi connectivity index (χ3n) is 4.00. The second-order valence-electron chi connectivity index (χ2n) is 4.96. The van der Waals surface area contributed by atoms with Gasteiger partial charge in [-0.05, 0) is 12.8 Å². The second kappa shape index (κ2) is 4.47. The van der Waals surface area contributed by atoms with Crippen LogP contribution in [0.1, 0.15) is 12.8 Å². The molecule has 4 atom stereocenters. The molecule has 0 saturated carbocycles. The zero-order chi connectivity index (χ0) is 13.6. The van der Waals surface area contributed by atoms with Crippen LogP contribution in [0.5, 0.6) is 0 Å². The highest BCUT2D eigenvalue weighted by Gasteiger charge is 2.62. The minimum atomic E-state index is -4.38. The summed E-state index contributed by atoms with van der Waals surface area (Å²) in [5.41, 5.74) is -1.52. The van der Waals surface area contributed by atoms with Gasteiger partial charge < -0.3 is 9.84 Å². The zero-order valence-corrected chi connectivity index (χ0v) is 10.0. The Morgan fingerprint density at radius 2 is 2.22 bits per heavy atom. The lowest BCUT2D eigenvalue weighted by atomic mass is 9.70. The van der Waals surface area contributed by atoms with Crippen molar-refractivity contribution < 1.29 is 27.8 Å². The quantitative estimate of drug-likeness (QED) is 0.813. The largest absolute Gasteiger partial charge is 0.404 e. The number of carbonyl (C=O) groups is 1. The summed E-state index contributed by atoms with van der Waals surface area (Å²) in [4.78, 5) is 13.2. The predicted octanol–water partition coefficient (Wildman–Crippen LogP) is 0.590. The molecule has 1 unspecified atom stereocenters. The van der Waals surface area contributed by atoms with Crippen LogP contribution in [0.4, 0.5) is 13.2 Å². The van der Waals surface area contributed by atoms with E-state index in [4.69, 9.17) is 4.74 Å². The van der Waals surface area contributed by atoms with Gasteiger partial charge in [0.1, 0.15) is 11.6 Å². The van der Waals surface area contributed by atoms with E-state index >= 15 is 0 Å². The van der Waals surface area contributed by atoms with Crippen molar-refractivity contribution in [3.63, 3.8) is 0 Å². The van der Waals surface area contributed by atoms with Gasteiger partial charge in [-0.1, -0.05) is 0 Å². The number of fused-ring (bicyclic) bond motifs is 3. The van der Waals surface area contributed by atoms with Gasteiger partial charge in [-0.25, -0.2) is 0 Å². The molecule has 0 amide bonds. The molecular weight excluding hydrogens is 251 g/mol. The van der Waals surface area contributed by atoms with Crippen molar-refractivity contribution in [1.29, 1.82) is 0 Å². The molecule has 0 aromatic heterocycles. The van der Waals surface area contributed by atoms with Crippen molar-refractivity contribution in [3.05, 3.63) is 0 Å². The van der Waals surface area contributed by atoms with E-state index in [-0.39, 0.29) is 25.4 Å². The third-order valence-corrected chi connectivity index (χ3v) is 4.00. The van der Waals surface area contributed by atoms with E-state index in [0.717, 1.165) is 4.90 Å². The fourth-order valence-corrected chi connectivity index (χ4v) is 3.15. The molecule has 3 aliphatic heterocycles. The molecule has 0 aromatic carbocycles. The van der Waals surface area contributed by atoms with E-state index in [1.165, 1.54) is 7.11 Å². The van der Waals surface area contributed by atoms with E-state index in [9.17, 15) is 23.1 Å². The molecule has 0 spiro atoms. The molecule has 3 rings (SSSR count). The monoisotopic (exact) mass is 267 g/mol. The van der Waals surface area contributed by atoms with Crippen molar-refractivity contribution in [2.24, 2.45) is 5.92 Å². The summed E-state index contributed by atoms with van der Waals surface area (Å²) in [7, 11) is 1.32. The number of rotatable bonds is 3. The lowest BCUT2D eigenvalue weighted by Crippen LogP contribution is -2.74. The van der Waals surface area contributed by atoms with Crippen LogP contribution in [0, 0.1) is 5.92 Å². The molecule has 3 saturated heterocycles. The standard InChI is InChI=1S/C11H16F3NO3/c1-18-6-10(5-16)9(17)7-2-3-15(10)8(4-7)11(12,13)14/h7-8,16H,2-6H2,1H3/t7-,8+,10+/m0/s1. The number of alkyl halides is 3. The SMILES string of the molecule is COC[C@]1(CO)C(=O)[C@H]2CCN1[C@@H](C(F)(F)F)C2. The number of ketones is 1. The van der Waals surface area contributed by atoms with Gasteiger partial charge in [0, 0.05) is 19.6 Å². The van der Waals surface area contributed by atoms with E-state index in [2.05, 4.69) is 0 Å². The first-order valence-corrected chi connectivity index (χ1v) is 5.84. The molecule has 1 N–H and O–H groups in total. The first-order valence-electron chi connectivity index (χ1n) is 5.84. The Labute approximate surface area is 103 Å². The molecular formula is C11H16F3NO3. The number of carbonyl (C=O) groups excluding carboxylic acids is 1. The van der Waals surface area contributed by atoms with Crippen molar-refractivity contribution in [3.8, 4) is 0 Å². The normalized spacial score (nSPS) is 40.3. The molecule has 0 aliphatic carbocycles. The number of Topliss-reactive ketones (excluding diaryl/α,β-unsaturated/α-hetero) is 1. The van der Waals surface area contributed by atoms with Crippen molar-refractivity contribution in [2.75, 3.05) is 26.9 Å². The summed E-state index contributed by atoms with van der Waals surface area (Å²) in [5, 5.41) is 9.44. The van der Waals surface area contributed by atoms with Crippen molar-refractivity contribution in [2.45, 2.75) is 30.6 Å². The molecule has 3 aliphatic rings. The summed E-state index contributed by atoms with van der Waals surface area (Å²) < 4.78 is 43.8. The number of nitrogens with zero attached hydrogens (tertiary/aromatic N) is 1. The van der Waals surface area contributed by atoms with Gasteiger partial charge in [0.05, 0.1) is 13.2 Å². The van der Waals surface area contributed by atoms with Crippen LogP contribution in [-0.2, 0) is 9.53 Å². The number of halogens is 3. The number of piperidine rings is 3. The fourth-order valence-electron chi connectivity index (χ4n) is 3.15. The number of hydrogen-bond acceptors (Lipinski definition) is 4. The minimum Gasteiger partial charge on any atom is -0.394 e. The highest BCUT2D eigenvalue weighted by molar-refractivity contribution is 5.92. The lowest BCUT2D eigenvalue weighted by Gasteiger charge is -2.55. The van der Waals surface area contributed by atoms with Crippen LogP contribution in [0.25, 0.3) is 0 Å². The Hall–Kier alpha value is -0.660. The topological polar surface area (TPSA) is 49.8 Å². The number of aliphatic hydroxyl groups excluding tert-OH is 1. The summed E-state index contributed by atoms with van der Waals surface area (Å²) in [5.74, 6) is -0.942. The van der Waals surface area contributed by atoms with Crippen molar-refractivity contribution in [1.82, 2.24) is 4.90 Å². The Kier molecular flexibility index (Phi) is 3.42. The predicted molar refractivity (Wildman–Crippen MR) is 56.0 cm³/mol. The Bertz CT molecular complexity index is 347. The summed E-state index contributed by atoms with van der Waals surface area (Å²) in [6, 6.07) is -1.66. The van der Waals surface area contributed by atoms with Crippen LogP contribution in [-0.4, -0.2) is 60.4 Å². The van der Waals surface area contributed by atoms with Gasteiger partial charge in [-0.2, -0.15) is 13.2 Å².